The number of fused-ring (bicyclic) bond motifs is 1. The van der Waals surface area contributed by atoms with Gasteiger partial charge in [-0.15, -0.1) is 0 Å². The van der Waals surface area contributed by atoms with Crippen molar-refractivity contribution in [3.05, 3.63) is 83.1 Å². The average Bonchev–Trinajstić information content (AvgIpc) is 3.54. The third kappa shape index (κ3) is 5.39. The molecule has 1 atom stereocenters. The number of rotatable bonds is 8. The highest BCUT2D eigenvalue weighted by molar-refractivity contribution is 5.92. The van der Waals surface area contributed by atoms with Gasteiger partial charge in [-0.3, -0.25) is 9.59 Å². The van der Waals surface area contributed by atoms with Gasteiger partial charge in [0.2, 0.25) is 11.8 Å². The fourth-order valence-electron chi connectivity index (χ4n) is 4.53. The predicted octanol–water partition coefficient (Wildman–Crippen LogP) is 4.67. The monoisotopic (exact) mass is 473 g/mol. The van der Waals surface area contributed by atoms with Crippen LogP contribution in [0, 0.1) is 5.92 Å². The maximum Gasteiger partial charge on any atom is 0.273 e. The van der Waals surface area contributed by atoms with Gasteiger partial charge in [-0.05, 0) is 54.0 Å². The van der Waals surface area contributed by atoms with Crippen LogP contribution in [0.4, 0.5) is 0 Å². The van der Waals surface area contributed by atoms with Gasteiger partial charge < -0.3 is 19.4 Å². The summed E-state index contributed by atoms with van der Waals surface area (Å²) in [6, 6.07) is 16.3. The molecule has 3 aromatic rings. The minimum Gasteiger partial charge on any atom is -0.484 e. The van der Waals surface area contributed by atoms with Crippen molar-refractivity contribution in [2.75, 3.05) is 6.54 Å². The maximum atomic E-state index is 13.2. The number of aromatic nitrogens is 1. The first-order valence-corrected chi connectivity index (χ1v) is 12.3. The van der Waals surface area contributed by atoms with E-state index in [2.05, 4.69) is 42.3 Å². The summed E-state index contributed by atoms with van der Waals surface area (Å²) in [7, 11) is 0. The Hall–Kier alpha value is -3.61. The molecule has 35 heavy (non-hydrogen) atoms. The molecule has 2 aromatic carbocycles. The number of ether oxygens (including phenoxy) is 1. The molecule has 2 aliphatic rings. The Bertz CT molecular complexity index is 1200. The molecule has 1 aliphatic carbocycles. The van der Waals surface area contributed by atoms with Gasteiger partial charge in [0, 0.05) is 19.0 Å². The topological polar surface area (TPSA) is 84.7 Å². The van der Waals surface area contributed by atoms with Crippen LogP contribution >= 0.6 is 0 Å². The zero-order valence-electron chi connectivity index (χ0n) is 20.2. The predicted molar refractivity (Wildman–Crippen MR) is 131 cm³/mol. The summed E-state index contributed by atoms with van der Waals surface area (Å²) < 4.78 is 11.4. The van der Waals surface area contributed by atoms with Crippen molar-refractivity contribution in [1.29, 1.82) is 0 Å². The van der Waals surface area contributed by atoms with E-state index in [1.807, 2.05) is 35.2 Å². The van der Waals surface area contributed by atoms with E-state index in [9.17, 15) is 9.59 Å². The van der Waals surface area contributed by atoms with Gasteiger partial charge in [0.05, 0.1) is 6.04 Å². The van der Waals surface area contributed by atoms with Crippen molar-refractivity contribution >= 4 is 11.8 Å². The number of nitrogens with one attached hydrogen (secondary N) is 1. The van der Waals surface area contributed by atoms with E-state index < -0.39 is 0 Å². The molecule has 1 aliphatic heterocycles. The van der Waals surface area contributed by atoms with Gasteiger partial charge in [-0.2, -0.15) is 0 Å². The maximum absolute atomic E-state index is 13.2. The van der Waals surface area contributed by atoms with E-state index in [-0.39, 0.29) is 36.2 Å². The SMILES string of the molecule is CC(C)CC(=O)N1CCc2ccc(OCc3nc(C(=O)NC4CC4)co3)cc2C1c1ccccc1. The zero-order valence-corrected chi connectivity index (χ0v) is 20.2. The van der Waals surface area contributed by atoms with Crippen LogP contribution in [-0.2, 0) is 17.8 Å². The average molecular weight is 474 g/mol. The number of amides is 2. The summed E-state index contributed by atoms with van der Waals surface area (Å²) in [6.07, 6.45) is 4.73. The molecule has 7 nitrogen and oxygen atoms in total. The van der Waals surface area contributed by atoms with Crippen LogP contribution in [0.2, 0.25) is 0 Å². The summed E-state index contributed by atoms with van der Waals surface area (Å²) in [6.45, 7) is 4.95. The molecule has 0 spiro atoms. The van der Waals surface area contributed by atoms with Crippen LogP contribution in [0.5, 0.6) is 5.75 Å². The highest BCUT2D eigenvalue weighted by Gasteiger charge is 2.32. The molecule has 1 fully saturated rings. The molecule has 1 unspecified atom stereocenters. The van der Waals surface area contributed by atoms with Crippen molar-refractivity contribution in [2.24, 2.45) is 5.92 Å². The zero-order chi connectivity index (χ0) is 24.4. The van der Waals surface area contributed by atoms with Gasteiger partial charge >= 0.3 is 0 Å². The Morgan fingerprint density at radius 2 is 1.97 bits per heavy atom. The summed E-state index contributed by atoms with van der Waals surface area (Å²) in [5, 5.41) is 2.90. The Kier molecular flexibility index (Phi) is 6.57. The number of hydrogen-bond acceptors (Lipinski definition) is 5. The van der Waals surface area contributed by atoms with Crippen LogP contribution in [0.25, 0.3) is 0 Å². The third-order valence-corrected chi connectivity index (χ3v) is 6.42. The van der Waals surface area contributed by atoms with Crippen molar-refractivity contribution in [3.8, 4) is 5.75 Å². The Morgan fingerprint density at radius 1 is 1.17 bits per heavy atom. The normalized spacial score (nSPS) is 17.2. The molecule has 1 saturated carbocycles. The van der Waals surface area contributed by atoms with Crippen molar-refractivity contribution < 1.29 is 18.7 Å². The highest BCUT2D eigenvalue weighted by atomic mass is 16.5. The smallest absolute Gasteiger partial charge is 0.273 e. The highest BCUT2D eigenvalue weighted by Crippen LogP contribution is 2.38. The molecule has 1 aromatic heterocycles. The van der Waals surface area contributed by atoms with Crippen LogP contribution in [0.15, 0.2) is 59.2 Å². The fraction of sp³-hybridized carbons (Fsp3) is 0.393. The molecule has 1 N–H and O–H groups in total. The lowest BCUT2D eigenvalue weighted by atomic mass is 9.87. The van der Waals surface area contributed by atoms with Crippen LogP contribution in [0.3, 0.4) is 0 Å². The van der Waals surface area contributed by atoms with Crippen molar-refractivity contribution in [3.63, 3.8) is 0 Å². The summed E-state index contributed by atoms with van der Waals surface area (Å²) in [5.41, 5.74) is 3.65. The molecule has 2 heterocycles. The van der Waals surface area contributed by atoms with Gasteiger partial charge in [-0.25, -0.2) is 4.98 Å². The second kappa shape index (κ2) is 9.94. The summed E-state index contributed by atoms with van der Waals surface area (Å²) in [5.74, 6) is 1.27. The number of carbonyl (C=O) groups excluding carboxylic acids is 2. The summed E-state index contributed by atoms with van der Waals surface area (Å²) >= 11 is 0. The van der Waals surface area contributed by atoms with Gasteiger partial charge in [0.25, 0.3) is 5.91 Å². The first-order valence-electron chi connectivity index (χ1n) is 12.3. The Morgan fingerprint density at radius 3 is 2.71 bits per heavy atom. The minimum atomic E-state index is -0.215. The van der Waals surface area contributed by atoms with E-state index >= 15 is 0 Å². The van der Waals surface area contributed by atoms with E-state index in [0.717, 1.165) is 30.4 Å². The van der Waals surface area contributed by atoms with Gasteiger partial charge in [0.15, 0.2) is 12.3 Å². The van der Waals surface area contributed by atoms with E-state index in [0.29, 0.717) is 30.5 Å². The minimum absolute atomic E-state index is 0.113. The molecule has 0 bridgehead atoms. The third-order valence-electron chi connectivity index (χ3n) is 6.42. The number of carbonyl (C=O) groups is 2. The standard InChI is InChI=1S/C28H31N3O4/c1-18(2)14-26(32)31-13-12-19-8-11-22(15-23(19)27(31)20-6-4-3-5-7-20)34-17-25-30-24(16-35-25)28(33)29-21-9-10-21/h3-8,11,15-16,18,21,27H,9-10,12-14,17H2,1-2H3,(H,29,33). The molecular formula is C28H31N3O4. The van der Waals surface area contributed by atoms with E-state index in [1.165, 1.54) is 11.8 Å². The van der Waals surface area contributed by atoms with E-state index in [1.54, 1.807) is 0 Å². The summed E-state index contributed by atoms with van der Waals surface area (Å²) in [4.78, 5) is 31.6. The second-order valence-corrected chi connectivity index (χ2v) is 9.77. The van der Waals surface area contributed by atoms with Crippen molar-refractivity contribution in [2.45, 2.75) is 58.2 Å². The van der Waals surface area contributed by atoms with Crippen LogP contribution in [-0.4, -0.2) is 34.3 Å². The molecular weight excluding hydrogens is 442 g/mol. The van der Waals surface area contributed by atoms with E-state index in [4.69, 9.17) is 9.15 Å². The molecule has 182 valence electrons. The first kappa shape index (κ1) is 23.1. The lowest BCUT2D eigenvalue weighted by Gasteiger charge is -2.38. The molecule has 0 radical (unpaired) electrons. The Balaban J connectivity index is 1.35. The fourth-order valence-corrected chi connectivity index (χ4v) is 4.53. The van der Waals surface area contributed by atoms with Crippen LogP contribution < -0.4 is 10.1 Å². The molecule has 2 amide bonds. The number of nitrogens with zero attached hydrogens (tertiary/aromatic N) is 2. The lowest BCUT2D eigenvalue weighted by molar-refractivity contribution is -0.134. The number of benzene rings is 2. The van der Waals surface area contributed by atoms with Crippen LogP contribution in [0.1, 0.15) is 72.2 Å². The number of hydrogen-bond donors (Lipinski definition) is 1. The second-order valence-electron chi connectivity index (χ2n) is 9.77. The lowest BCUT2D eigenvalue weighted by Crippen LogP contribution is -2.41. The van der Waals surface area contributed by atoms with Gasteiger partial charge in [-0.1, -0.05) is 50.2 Å². The first-order chi connectivity index (χ1) is 17.0. The van der Waals surface area contributed by atoms with Gasteiger partial charge in [0.1, 0.15) is 12.0 Å². The molecule has 7 heteroatoms. The number of oxazole rings is 1. The Labute approximate surface area is 205 Å². The largest absolute Gasteiger partial charge is 0.484 e. The molecule has 5 rings (SSSR count). The quantitative estimate of drug-likeness (QED) is 0.514. The molecule has 0 saturated heterocycles. The van der Waals surface area contributed by atoms with Crippen molar-refractivity contribution in [1.82, 2.24) is 15.2 Å².